The van der Waals surface area contributed by atoms with Crippen LogP contribution >= 0.6 is 0 Å². The molecule has 94 valence electrons. The van der Waals surface area contributed by atoms with Crippen molar-refractivity contribution in [3.05, 3.63) is 35.4 Å². The van der Waals surface area contributed by atoms with Gasteiger partial charge in [0.25, 0.3) is 0 Å². The molecule has 1 fully saturated rings. The van der Waals surface area contributed by atoms with Gasteiger partial charge in [-0.1, -0.05) is 29.8 Å². The fourth-order valence-electron chi connectivity index (χ4n) is 2.55. The average molecular weight is 233 g/mol. The second kappa shape index (κ2) is 6.18. The number of hydrogen-bond acceptors (Lipinski definition) is 2. The van der Waals surface area contributed by atoms with Crippen LogP contribution in [0, 0.1) is 12.8 Å². The Bertz CT molecular complexity index is 333. The maximum Gasteiger partial charge on any atom is 0.0471 e. The first-order valence-corrected chi connectivity index (χ1v) is 6.66. The third-order valence-corrected chi connectivity index (χ3v) is 3.70. The lowest BCUT2D eigenvalue weighted by Gasteiger charge is -2.31. The van der Waals surface area contributed by atoms with Crippen molar-refractivity contribution in [1.29, 1.82) is 0 Å². The van der Waals surface area contributed by atoms with E-state index in [1.807, 2.05) is 0 Å². The zero-order valence-corrected chi connectivity index (χ0v) is 10.7. The SMILES string of the molecule is Cc1ccc(CCN2CCCC(CO)C2)cc1. The molecule has 1 aromatic carbocycles. The largest absolute Gasteiger partial charge is 0.396 e. The molecule has 1 aliphatic rings. The second-order valence-electron chi connectivity index (χ2n) is 5.23. The van der Waals surface area contributed by atoms with Gasteiger partial charge in [0, 0.05) is 19.7 Å². The minimum absolute atomic E-state index is 0.348. The van der Waals surface area contributed by atoms with E-state index in [-0.39, 0.29) is 0 Å². The van der Waals surface area contributed by atoms with Gasteiger partial charge in [0.2, 0.25) is 0 Å². The van der Waals surface area contributed by atoms with Crippen molar-refractivity contribution in [2.75, 3.05) is 26.2 Å². The van der Waals surface area contributed by atoms with Gasteiger partial charge < -0.3 is 10.0 Å². The first kappa shape index (κ1) is 12.6. The Kier molecular flexibility index (Phi) is 4.57. The summed E-state index contributed by atoms with van der Waals surface area (Å²) in [6, 6.07) is 8.82. The highest BCUT2D eigenvalue weighted by atomic mass is 16.3. The monoisotopic (exact) mass is 233 g/mol. The van der Waals surface area contributed by atoms with Crippen LogP contribution in [0.4, 0.5) is 0 Å². The molecular weight excluding hydrogens is 210 g/mol. The number of hydrogen-bond donors (Lipinski definition) is 1. The number of likely N-dealkylation sites (tertiary alicyclic amines) is 1. The number of nitrogens with zero attached hydrogens (tertiary/aromatic N) is 1. The van der Waals surface area contributed by atoms with Crippen molar-refractivity contribution in [3.8, 4) is 0 Å². The molecule has 0 aromatic heterocycles. The van der Waals surface area contributed by atoms with Crippen LogP contribution in [0.2, 0.25) is 0 Å². The van der Waals surface area contributed by atoms with E-state index in [0.717, 1.165) is 19.5 Å². The van der Waals surface area contributed by atoms with Crippen LogP contribution in [0.15, 0.2) is 24.3 Å². The first-order chi connectivity index (χ1) is 8.28. The van der Waals surface area contributed by atoms with Crippen molar-refractivity contribution in [2.24, 2.45) is 5.92 Å². The van der Waals surface area contributed by atoms with Crippen molar-refractivity contribution >= 4 is 0 Å². The number of rotatable bonds is 4. The smallest absolute Gasteiger partial charge is 0.0471 e. The Hall–Kier alpha value is -0.860. The van der Waals surface area contributed by atoms with Gasteiger partial charge in [0.1, 0.15) is 0 Å². The van der Waals surface area contributed by atoms with Crippen LogP contribution < -0.4 is 0 Å². The minimum atomic E-state index is 0.348. The van der Waals surface area contributed by atoms with Crippen molar-refractivity contribution < 1.29 is 5.11 Å². The Morgan fingerprint density at radius 1 is 1.29 bits per heavy atom. The summed E-state index contributed by atoms with van der Waals surface area (Å²) in [5.41, 5.74) is 2.74. The van der Waals surface area contributed by atoms with E-state index in [0.29, 0.717) is 12.5 Å². The lowest BCUT2D eigenvalue weighted by atomic mass is 9.98. The molecule has 0 radical (unpaired) electrons. The van der Waals surface area contributed by atoms with Gasteiger partial charge in [-0.25, -0.2) is 0 Å². The number of aryl methyl sites for hydroxylation is 1. The van der Waals surface area contributed by atoms with Crippen LogP contribution in [0.1, 0.15) is 24.0 Å². The number of aliphatic hydroxyl groups excluding tert-OH is 1. The molecule has 1 saturated heterocycles. The topological polar surface area (TPSA) is 23.5 Å². The van der Waals surface area contributed by atoms with Gasteiger partial charge in [-0.3, -0.25) is 0 Å². The van der Waals surface area contributed by atoms with E-state index in [2.05, 4.69) is 36.1 Å². The number of piperidine rings is 1. The zero-order valence-electron chi connectivity index (χ0n) is 10.7. The van der Waals surface area contributed by atoms with Crippen LogP contribution in [-0.2, 0) is 6.42 Å². The molecule has 1 aromatic rings. The molecule has 0 bridgehead atoms. The van der Waals surface area contributed by atoms with E-state index in [4.69, 9.17) is 0 Å². The quantitative estimate of drug-likeness (QED) is 0.862. The third kappa shape index (κ3) is 3.83. The molecule has 2 heteroatoms. The van der Waals surface area contributed by atoms with Crippen molar-refractivity contribution in [3.63, 3.8) is 0 Å². The van der Waals surface area contributed by atoms with Gasteiger partial charge in [0.15, 0.2) is 0 Å². The minimum Gasteiger partial charge on any atom is -0.396 e. The van der Waals surface area contributed by atoms with Gasteiger partial charge >= 0.3 is 0 Å². The highest BCUT2D eigenvalue weighted by Gasteiger charge is 2.18. The molecule has 0 amide bonds. The number of benzene rings is 1. The molecule has 0 saturated carbocycles. The normalized spacial score (nSPS) is 21.6. The van der Waals surface area contributed by atoms with E-state index in [1.54, 1.807) is 0 Å². The summed E-state index contributed by atoms with van der Waals surface area (Å²) in [6.07, 6.45) is 3.55. The standard InChI is InChI=1S/C15H23NO/c1-13-4-6-14(7-5-13)8-10-16-9-2-3-15(11-16)12-17/h4-7,15,17H,2-3,8-12H2,1H3. The summed E-state index contributed by atoms with van der Waals surface area (Å²) in [5, 5.41) is 9.20. The summed E-state index contributed by atoms with van der Waals surface area (Å²) in [7, 11) is 0. The fourth-order valence-corrected chi connectivity index (χ4v) is 2.55. The molecule has 0 aliphatic carbocycles. The Balaban J connectivity index is 1.79. The molecule has 17 heavy (non-hydrogen) atoms. The molecule has 2 nitrogen and oxygen atoms in total. The predicted octanol–water partition coefficient (Wildman–Crippen LogP) is 2.24. The van der Waals surface area contributed by atoms with E-state index in [1.165, 1.54) is 30.5 Å². The van der Waals surface area contributed by atoms with E-state index in [9.17, 15) is 5.11 Å². The van der Waals surface area contributed by atoms with E-state index >= 15 is 0 Å². The molecule has 1 N–H and O–H groups in total. The molecule has 1 aliphatic heterocycles. The van der Waals surface area contributed by atoms with Crippen LogP contribution in [0.3, 0.4) is 0 Å². The first-order valence-electron chi connectivity index (χ1n) is 6.66. The third-order valence-electron chi connectivity index (χ3n) is 3.70. The molecule has 2 rings (SSSR count). The molecule has 0 spiro atoms. The Morgan fingerprint density at radius 2 is 2.06 bits per heavy atom. The summed E-state index contributed by atoms with van der Waals surface area (Å²) in [5.74, 6) is 0.502. The average Bonchev–Trinajstić information content (AvgIpc) is 2.38. The molecule has 1 heterocycles. The van der Waals surface area contributed by atoms with E-state index < -0.39 is 0 Å². The molecule has 1 unspecified atom stereocenters. The summed E-state index contributed by atoms with van der Waals surface area (Å²) in [4.78, 5) is 2.49. The van der Waals surface area contributed by atoms with Gasteiger partial charge in [-0.15, -0.1) is 0 Å². The molecular formula is C15H23NO. The van der Waals surface area contributed by atoms with Crippen LogP contribution in [-0.4, -0.2) is 36.2 Å². The zero-order chi connectivity index (χ0) is 12.1. The van der Waals surface area contributed by atoms with Crippen molar-refractivity contribution in [2.45, 2.75) is 26.2 Å². The lowest BCUT2D eigenvalue weighted by molar-refractivity contribution is 0.121. The Labute approximate surface area is 104 Å². The molecule has 1 atom stereocenters. The van der Waals surface area contributed by atoms with Crippen molar-refractivity contribution in [1.82, 2.24) is 4.90 Å². The van der Waals surface area contributed by atoms with Gasteiger partial charge in [-0.2, -0.15) is 0 Å². The summed E-state index contributed by atoms with van der Waals surface area (Å²) < 4.78 is 0. The summed E-state index contributed by atoms with van der Waals surface area (Å²) in [6.45, 7) is 5.87. The van der Waals surface area contributed by atoms with Gasteiger partial charge in [0.05, 0.1) is 0 Å². The number of aliphatic hydroxyl groups is 1. The maximum absolute atomic E-state index is 9.20. The predicted molar refractivity (Wildman–Crippen MR) is 71.1 cm³/mol. The maximum atomic E-state index is 9.20. The highest BCUT2D eigenvalue weighted by Crippen LogP contribution is 2.16. The Morgan fingerprint density at radius 3 is 2.76 bits per heavy atom. The van der Waals surface area contributed by atoms with Crippen LogP contribution in [0.25, 0.3) is 0 Å². The highest BCUT2D eigenvalue weighted by molar-refractivity contribution is 5.21. The lowest BCUT2D eigenvalue weighted by Crippen LogP contribution is -2.37. The summed E-state index contributed by atoms with van der Waals surface area (Å²) >= 11 is 0. The fraction of sp³-hybridized carbons (Fsp3) is 0.600. The second-order valence-corrected chi connectivity index (χ2v) is 5.23. The van der Waals surface area contributed by atoms with Crippen LogP contribution in [0.5, 0.6) is 0 Å². The van der Waals surface area contributed by atoms with Gasteiger partial charge in [-0.05, 0) is 44.2 Å².